The number of hydrogen-bond acceptors (Lipinski definition) is 8. The van der Waals surface area contributed by atoms with E-state index in [1.165, 1.54) is 4.90 Å². The van der Waals surface area contributed by atoms with E-state index in [-0.39, 0.29) is 12.4 Å². The van der Waals surface area contributed by atoms with E-state index in [0.29, 0.717) is 13.0 Å². The fourth-order valence-electron chi connectivity index (χ4n) is 3.06. The molecule has 0 bridgehead atoms. The molecule has 1 aliphatic rings. The second-order valence-corrected chi connectivity index (χ2v) is 7.01. The molecule has 1 saturated heterocycles. The summed E-state index contributed by atoms with van der Waals surface area (Å²) in [6, 6.07) is 9.30. The lowest BCUT2D eigenvalue weighted by Gasteiger charge is -2.42. The van der Waals surface area contributed by atoms with Crippen molar-refractivity contribution >= 4 is 23.9 Å². The predicted molar refractivity (Wildman–Crippen MR) is 110 cm³/mol. The van der Waals surface area contributed by atoms with Gasteiger partial charge in [-0.25, -0.2) is 14.4 Å². The van der Waals surface area contributed by atoms with Crippen LogP contribution in [0.2, 0.25) is 0 Å². The molecule has 0 spiro atoms. The number of benzene rings is 1. The van der Waals surface area contributed by atoms with Gasteiger partial charge < -0.3 is 24.8 Å². The van der Waals surface area contributed by atoms with Crippen LogP contribution in [0.4, 0.5) is 4.79 Å². The SMILES string of the molecule is COC(=O)/C=C(/O/N=C(\N)C1(C)CCCCN1C(=O)OCc1ccccc1)C(=O)OC. The van der Waals surface area contributed by atoms with E-state index in [1.54, 1.807) is 6.92 Å². The normalized spacial score (nSPS) is 19.4. The summed E-state index contributed by atoms with van der Waals surface area (Å²) in [7, 11) is 2.27. The number of piperidine rings is 1. The van der Waals surface area contributed by atoms with Crippen molar-refractivity contribution in [1.29, 1.82) is 0 Å². The maximum absolute atomic E-state index is 12.8. The van der Waals surface area contributed by atoms with Crippen molar-refractivity contribution in [1.82, 2.24) is 4.90 Å². The molecule has 2 rings (SSSR count). The average Bonchev–Trinajstić information content (AvgIpc) is 2.80. The van der Waals surface area contributed by atoms with E-state index in [4.69, 9.17) is 15.3 Å². The van der Waals surface area contributed by atoms with Gasteiger partial charge >= 0.3 is 18.0 Å². The number of hydrogen-bond donors (Lipinski definition) is 1. The van der Waals surface area contributed by atoms with Crippen LogP contribution in [0.3, 0.4) is 0 Å². The molecule has 1 amide bonds. The summed E-state index contributed by atoms with van der Waals surface area (Å²) in [6.07, 6.45) is 2.34. The van der Waals surface area contributed by atoms with Crippen molar-refractivity contribution in [2.75, 3.05) is 20.8 Å². The zero-order valence-electron chi connectivity index (χ0n) is 17.8. The first-order valence-electron chi connectivity index (χ1n) is 9.69. The van der Waals surface area contributed by atoms with E-state index in [0.717, 1.165) is 38.7 Å². The minimum absolute atomic E-state index is 0.0523. The third-order valence-electron chi connectivity index (χ3n) is 4.95. The minimum atomic E-state index is -1.00. The Morgan fingerprint density at radius 2 is 1.87 bits per heavy atom. The number of amides is 1. The molecule has 1 unspecified atom stereocenters. The number of methoxy groups -OCH3 is 2. The number of carbonyl (C=O) groups excluding carboxylic acids is 3. The van der Waals surface area contributed by atoms with Crippen LogP contribution in [-0.2, 0) is 35.2 Å². The number of ether oxygens (including phenoxy) is 3. The number of likely N-dealkylation sites (tertiary alicyclic amines) is 1. The van der Waals surface area contributed by atoms with Crippen LogP contribution in [0.15, 0.2) is 47.3 Å². The van der Waals surface area contributed by atoms with Gasteiger partial charge in [-0.1, -0.05) is 35.5 Å². The Kier molecular flexibility index (Phi) is 8.42. The molecule has 0 saturated carbocycles. The van der Waals surface area contributed by atoms with Crippen LogP contribution in [0.1, 0.15) is 31.7 Å². The quantitative estimate of drug-likeness (QED) is 0.132. The van der Waals surface area contributed by atoms with Gasteiger partial charge in [0.1, 0.15) is 12.1 Å². The van der Waals surface area contributed by atoms with E-state index in [1.807, 2.05) is 30.3 Å². The molecule has 10 nitrogen and oxygen atoms in total. The van der Waals surface area contributed by atoms with Crippen molar-refractivity contribution in [3.8, 4) is 0 Å². The lowest BCUT2D eigenvalue weighted by molar-refractivity contribution is -0.142. The number of rotatable bonds is 7. The highest BCUT2D eigenvalue weighted by Gasteiger charge is 2.42. The summed E-state index contributed by atoms with van der Waals surface area (Å²) >= 11 is 0. The van der Waals surface area contributed by atoms with Gasteiger partial charge in [0.05, 0.1) is 20.3 Å². The van der Waals surface area contributed by atoms with E-state index < -0.39 is 29.3 Å². The standard InChI is InChI=1S/C21H27N3O7/c1-21(19(22)23-31-16(18(26)29-3)13-17(25)28-2)11-7-8-12-24(21)20(27)30-14-15-9-5-4-6-10-15/h4-6,9-10,13H,7-8,11-12,14H2,1-3H3,(H2,22,23)/b16-13+. The summed E-state index contributed by atoms with van der Waals surface area (Å²) in [5.74, 6) is -2.32. The van der Waals surface area contributed by atoms with Crippen molar-refractivity contribution < 1.29 is 33.4 Å². The maximum Gasteiger partial charge on any atom is 0.410 e. The van der Waals surface area contributed by atoms with Crippen LogP contribution < -0.4 is 5.73 Å². The molecule has 0 radical (unpaired) electrons. The number of oxime groups is 1. The minimum Gasteiger partial charge on any atom is -0.466 e. The highest BCUT2D eigenvalue weighted by Crippen LogP contribution is 2.29. The molecule has 1 aromatic rings. The summed E-state index contributed by atoms with van der Waals surface area (Å²) in [4.78, 5) is 42.6. The highest BCUT2D eigenvalue weighted by molar-refractivity contribution is 5.95. The Hall–Kier alpha value is -3.56. The number of nitrogens with two attached hydrogens (primary N) is 1. The first-order chi connectivity index (χ1) is 14.8. The molecule has 0 aromatic heterocycles. The zero-order valence-corrected chi connectivity index (χ0v) is 17.8. The number of nitrogens with zero attached hydrogens (tertiary/aromatic N) is 2. The van der Waals surface area contributed by atoms with Crippen LogP contribution in [-0.4, -0.2) is 55.1 Å². The average molecular weight is 433 g/mol. The fraction of sp³-hybridized carbons (Fsp3) is 0.429. The summed E-state index contributed by atoms with van der Waals surface area (Å²) in [6.45, 7) is 2.27. The summed E-state index contributed by atoms with van der Waals surface area (Å²) in [5, 5.41) is 3.80. The van der Waals surface area contributed by atoms with Gasteiger partial charge in [-0.15, -0.1) is 0 Å². The lowest BCUT2D eigenvalue weighted by atomic mass is 9.88. The lowest BCUT2D eigenvalue weighted by Crippen LogP contribution is -2.60. The first-order valence-corrected chi connectivity index (χ1v) is 9.69. The molecule has 1 heterocycles. The third-order valence-corrected chi connectivity index (χ3v) is 4.95. The third kappa shape index (κ3) is 6.21. The Balaban J connectivity index is 2.16. The number of amidine groups is 1. The smallest absolute Gasteiger partial charge is 0.410 e. The van der Waals surface area contributed by atoms with Crippen molar-refractivity contribution in [3.63, 3.8) is 0 Å². The molecule has 31 heavy (non-hydrogen) atoms. The molecular weight excluding hydrogens is 406 g/mol. The van der Waals surface area contributed by atoms with Crippen LogP contribution in [0.5, 0.6) is 0 Å². The summed E-state index contributed by atoms with van der Waals surface area (Å²) < 4.78 is 14.5. The van der Waals surface area contributed by atoms with Crippen LogP contribution in [0, 0.1) is 0 Å². The zero-order chi connectivity index (χ0) is 22.9. The molecule has 10 heteroatoms. The number of carbonyl (C=O) groups is 3. The largest absolute Gasteiger partial charge is 0.466 e. The predicted octanol–water partition coefficient (Wildman–Crippen LogP) is 2.09. The molecule has 1 aromatic carbocycles. The molecule has 168 valence electrons. The second kappa shape index (κ2) is 11.0. The van der Waals surface area contributed by atoms with Crippen molar-refractivity contribution in [2.24, 2.45) is 10.9 Å². The van der Waals surface area contributed by atoms with Gasteiger partial charge in [0.25, 0.3) is 0 Å². The Labute approximate surface area is 180 Å². The van der Waals surface area contributed by atoms with Crippen molar-refractivity contribution in [3.05, 3.63) is 47.7 Å². The van der Waals surface area contributed by atoms with Crippen LogP contribution in [0.25, 0.3) is 0 Å². The van der Waals surface area contributed by atoms with E-state index >= 15 is 0 Å². The van der Waals surface area contributed by atoms with Crippen molar-refractivity contribution in [2.45, 2.75) is 38.3 Å². The monoisotopic (exact) mass is 433 g/mol. The van der Waals surface area contributed by atoms with Gasteiger partial charge in [0, 0.05) is 6.54 Å². The summed E-state index contributed by atoms with van der Waals surface area (Å²) in [5.41, 5.74) is 6.01. The molecular formula is C21H27N3O7. The fourth-order valence-corrected chi connectivity index (χ4v) is 3.06. The maximum atomic E-state index is 12.8. The van der Waals surface area contributed by atoms with Gasteiger partial charge in [-0.3, -0.25) is 4.90 Å². The molecule has 1 atom stereocenters. The highest BCUT2D eigenvalue weighted by atomic mass is 16.7. The first kappa shape index (κ1) is 23.7. The molecule has 0 aliphatic carbocycles. The van der Waals surface area contributed by atoms with Crippen LogP contribution >= 0.6 is 0 Å². The van der Waals surface area contributed by atoms with Gasteiger partial charge in [-0.2, -0.15) is 0 Å². The molecule has 1 aliphatic heterocycles. The van der Waals surface area contributed by atoms with Gasteiger partial charge in [-0.05, 0) is 31.7 Å². The Morgan fingerprint density at radius 3 is 2.52 bits per heavy atom. The van der Waals surface area contributed by atoms with E-state index in [9.17, 15) is 14.4 Å². The van der Waals surface area contributed by atoms with Gasteiger partial charge in [0.2, 0.25) is 5.76 Å². The Morgan fingerprint density at radius 1 is 1.16 bits per heavy atom. The topological polar surface area (TPSA) is 130 Å². The molecule has 1 fully saturated rings. The van der Waals surface area contributed by atoms with Gasteiger partial charge in [0.15, 0.2) is 5.84 Å². The van der Waals surface area contributed by atoms with E-state index in [2.05, 4.69) is 14.6 Å². The second-order valence-electron chi connectivity index (χ2n) is 7.01. The number of esters is 2. The molecule has 2 N–H and O–H groups in total. The Bertz CT molecular complexity index is 854.